The number of halogens is 1. The van der Waals surface area contributed by atoms with Crippen molar-refractivity contribution in [1.29, 1.82) is 0 Å². The third-order valence-corrected chi connectivity index (χ3v) is 4.53. The maximum absolute atomic E-state index is 5.37. The summed E-state index contributed by atoms with van der Waals surface area (Å²) in [7, 11) is 7.25. The van der Waals surface area contributed by atoms with Crippen molar-refractivity contribution in [3.8, 4) is 11.5 Å². The van der Waals surface area contributed by atoms with E-state index >= 15 is 0 Å². The number of hydrogen-bond acceptors (Lipinski definition) is 3. The van der Waals surface area contributed by atoms with Crippen molar-refractivity contribution in [2.75, 3.05) is 41.4 Å². The van der Waals surface area contributed by atoms with Crippen LogP contribution < -0.4 is 14.8 Å². The number of benzene rings is 1. The molecule has 2 rings (SSSR count). The Hall–Kier alpha value is -1.18. The first-order valence-electron chi connectivity index (χ1n) is 8.80. The van der Waals surface area contributed by atoms with E-state index in [2.05, 4.69) is 28.3 Å². The van der Waals surface area contributed by atoms with Crippen molar-refractivity contribution < 1.29 is 9.47 Å². The van der Waals surface area contributed by atoms with Crippen LogP contribution in [0.1, 0.15) is 31.2 Å². The molecular formula is C19H32IN3O2. The Morgan fingerprint density at radius 1 is 1.24 bits per heavy atom. The number of aliphatic imine (C=N–C) groups is 1. The van der Waals surface area contributed by atoms with E-state index in [1.165, 1.54) is 31.2 Å². The molecule has 0 heterocycles. The summed E-state index contributed by atoms with van der Waals surface area (Å²) < 4.78 is 10.7. The van der Waals surface area contributed by atoms with Gasteiger partial charge in [0.1, 0.15) is 0 Å². The minimum atomic E-state index is 0. The summed E-state index contributed by atoms with van der Waals surface area (Å²) in [6, 6.07) is 6.08. The molecule has 1 fully saturated rings. The average Bonchev–Trinajstić information content (AvgIpc) is 3.43. The van der Waals surface area contributed by atoms with E-state index in [0.29, 0.717) is 0 Å². The van der Waals surface area contributed by atoms with Crippen LogP contribution in [-0.4, -0.2) is 52.3 Å². The monoisotopic (exact) mass is 461 g/mol. The molecule has 6 heteroatoms. The van der Waals surface area contributed by atoms with Gasteiger partial charge in [-0.15, -0.1) is 24.0 Å². The molecule has 0 unspecified atom stereocenters. The molecule has 1 aromatic rings. The zero-order chi connectivity index (χ0) is 17.4. The lowest BCUT2D eigenvalue weighted by atomic mass is 10.1. The highest BCUT2D eigenvalue weighted by molar-refractivity contribution is 14.0. The number of nitrogens with one attached hydrogen (secondary N) is 1. The van der Waals surface area contributed by atoms with E-state index in [-0.39, 0.29) is 24.0 Å². The summed E-state index contributed by atoms with van der Waals surface area (Å²) >= 11 is 0. The van der Waals surface area contributed by atoms with Crippen LogP contribution in [0.3, 0.4) is 0 Å². The van der Waals surface area contributed by atoms with Gasteiger partial charge in [0.15, 0.2) is 17.5 Å². The van der Waals surface area contributed by atoms with Gasteiger partial charge in [0.05, 0.1) is 14.2 Å². The second-order valence-corrected chi connectivity index (χ2v) is 6.42. The van der Waals surface area contributed by atoms with E-state index in [1.54, 1.807) is 14.2 Å². The lowest BCUT2D eigenvalue weighted by Gasteiger charge is -2.22. The van der Waals surface area contributed by atoms with Gasteiger partial charge >= 0.3 is 0 Å². The normalized spacial score (nSPS) is 13.8. The summed E-state index contributed by atoms with van der Waals surface area (Å²) in [6.07, 6.45) is 6.37. The van der Waals surface area contributed by atoms with Crippen molar-refractivity contribution in [1.82, 2.24) is 10.2 Å². The molecule has 142 valence electrons. The van der Waals surface area contributed by atoms with E-state index in [9.17, 15) is 0 Å². The molecule has 0 bridgehead atoms. The fraction of sp³-hybridized carbons (Fsp3) is 0.632. The number of ether oxygens (including phenoxy) is 2. The zero-order valence-corrected chi connectivity index (χ0v) is 18.2. The van der Waals surface area contributed by atoms with Crippen molar-refractivity contribution in [3.05, 3.63) is 23.8 Å². The first kappa shape index (κ1) is 21.9. The number of guanidine groups is 1. The Balaban J connectivity index is 0.00000312. The average molecular weight is 461 g/mol. The molecule has 0 saturated heterocycles. The minimum absolute atomic E-state index is 0. The smallest absolute Gasteiger partial charge is 0.193 e. The Kier molecular flexibility index (Phi) is 10.0. The van der Waals surface area contributed by atoms with Gasteiger partial charge in [0, 0.05) is 27.2 Å². The Morgan fingerprint density at radius 3 is 2.56 bits per heavy atom. The van der Waals surface area contributed by atoms with Crippen LogP contribution in [0.25, 0.3) is 0 Å². The van der Waals surface area contributed by atoms with Gasteiger partial charge in [-0.1, -0.05) is 18.9 Å². The van der Waals surface area contributed by atoms with E-state index in [0.717, 1.165) is 42.9 Å². The number of nitrogens with zero attached hydrogens (tertiary/aromatic N) is 2. The molecule has 1 saturated carbocycles. The number of methoxy groups -OCH3 is 2. The highest BCUT2D eigenvalue weighted by atomic mass is 127. The van der Waals surface area contributed by atoms with Gasteiger partial charge in [-0.25, -0.2) is 0 Å². The molecule has 0 aromatic heterocycles. The summed E-state index contributed by atoms with van der Waals surface area (Å²) in [5, 5.41) is 3.46. The quantitative estimate of drug-likeness (QED) is 0.265. The number of hydrogen-bond donors (Lipinski definition) is 1. The second-order valence-electron chi connectivity index (χ2n) is 6.42. The third kappa shape index (κ3) is 7.30. The van der Waals surface area contributed by atoms with E-state index in [1.807, 2.05) is 19.2 Å². The van der Waals surface area contributed by atoms with Crippen molar-refractivity contribution in [2.24, 2.45) is 10.9 Å². The maximum atomic E-state index is 5.37. The predicted octanol–water partition coefficient (Wildman–Crippen LogP) is 3.56. The lowest BCUT2D eigenvalue weighted by molar-refractivity contribution is 0.354. The van der Waals surface area contributed by atoms with Gasteiger partial charge < -0.3 is 19.7 Å². The SMILES string of the molecule is CN=C(NCCCC1CC1)N(C)CCc1ccc(OC)c(OC)c1.I. The largest absolute Gasteiger partial charge is 0.493 e. The molecule has 0 spiro atoms. The maximum Gasteiger partial charge on any atom is 0.193 e. The molecule has 1 aliphatic carbocycles. The van der Waals surface area contributed by atoms with Crippen LogP contribution in [0, 0.1) is 5.92 Å². The Morgan fingerprint density at radius 2 is 1.96 bits per heavy atom. The molecule has 1 aliphatic rings. The molecule has 0 aliphatic heterocycles. The van der Waals surface area contributed by atoms with Crippen LogP contribution in [-0.2, 0) is 6.42 Å². The predicted molar refractivity (Wildman–Crippen MR) is 115 cm³/mol. The third-order valence-electron chi connectivity index (χ3n) is 4.53. The molecule has 1 N–H and O–H groups in total. The number of likely N-dealkylation sites (N-methyl/N-ethyl adjacent to an activating group) is 1. The van der Waals surface area contributed by atoms with Crippen LogP contribution in [0.4, 0.5) is 0 Å². The number of rotatable bonds is 9. The van der Waals surface area contributed by atoms with Crippen LogP contribution in [0.5, 0.6) is 11.5 Å². The van der Waals surface area contributed by atoms with Gasteiger partial charge in [-0.3, -0.25) is 4.99 Å². The summed E-state index contributed by atoms with van der Waals surface area (Å²) in [4.78, 5) is 6.55. The first-order valence-corrected chi connectivity index (χ1v) is 8.80. The topological polar surface area (TPSA) is 46.1 Å². The standard InChI is InChI=1S/C19H31N3O2.HI/c1-20-19(21-12-5-6-15-7-8-15)22(2)13-11-16-9-10-17(23-3)18(14-16)24-4;/h9-10,14-15H,5-8,11-13H2,1-4H3,(H,20,21);1H. The fourth-order valence-corrected chi connectivity index (χ4v) is 2.82. The van der Waals surface area contributed by atoms with Gasteiger partial charge in [0.25, 0.3) is 0 Å². The van der Waals surface area contributed by atoms with Gasteiger partial charge in [-0.2, -0.15) is 0 Å². The molecule has 25 heavy (non-hydrogen) atoms. The zero-order valence-electron chi connectivity index (χ0n) is 15.9. The van der Waals surface area contributed by atoms with Crippen LogP contribution >= 0.6 is 24.0 Å². The van der Waals surface area contributed by atoms with E-state index in [4.69, 9.17) is 9.47 Å². The van der Waals surface area contributed by atoms with Crippen molar-refractivity contribution in [3.63, 3.8) is 0 Å². The molecule has 0 radical (unpaired) electrons. The van der Waals surface area contributed by atoms with Gasteiger partial charge in [-0.05, 0) is 42.9 Å². The van der Waals surface area contributed by atoms with Crippen LogP contribution in [0.2, 0.25) is 0 Å². The van der Waals surface area contributed by atoms with Gasteiger partial charge in [0.2, 0.25) is 0 Å². The Bertz CT molecular complexity index is 547. The first-order chi connectivity index (χ1) is 11.7. The fourth-order valence-electron chi connectivity index (χ4n) is 2.82. The second kappa shape index (κ2) is 11.4. The molecular weight excluding hydrogens is 429 g/mol. The molecule has 5 nitrogen and oxygen atoms in total. The summed E-state index contributed by atoms with van der Waals surface area (Å²) in [5.41, 5.74) is 1.23. The van der Waals surface area contributed by atoms with Crippen LogP contribution in [0.15, 0.2) is 23.2 Å². The van der Waals surface area contributed by atoms with Crippen molar-refractivity contribution >= 4 is 29.9 Å². The van der Waals surface area contributed by atoms with Crippen molar-refractivity contribution in [2.45, 2.75) is 32.1 Å². The Labute approximate surface area is 169 Å². The lowest BCUT2D eigenvalue weighted by Crippen LogP contribution is -2.40. The highest BCUT2D eigenvalue weighted by Gasteiger charge is 2.20. The minimum Gasteiger partial charge on any atom is -0.493 e. The molecule has 0 amide bonds. The molecule has 0 atom stereocenters. The highest BCUT2D eigenvalue weighted by Crippen LogP contribution is 2.33. The summed E-state index contributed by atoms with van der Waals surface area (Å²) in [5.74, 6) is 3.51. The van der Waals surface area contributed by atoms with E-state index < -0.39 is 0 Å². The summed E-state index contributed by atoms with van der Waals surface area (Å²) in [6.45, 7) is 1.90. The molecule has 1 aromatic carbocycles.